The molecule has 0 saturated heterocycles. The smallest absolute Gasteiger partial charge is 0.0991 e. The molecular formula is C45H32N4. The van der Waals surface area contributed by atoms with E-state index < -0.39 is 0 Å². The summed E-state index contributed by atoms with van der Waals surface area (Å²) < 4.78 is 4.65. The van der Waals surface area contributed by atoms with Gasteiger partial charge in [-0.2, -0.15) is 10.5 Å². The third kappa shape index (κ3) is 4.42. The van der Waals surface area contributed by atoms with Gasteiger partial charge < -0.3 is 9.13 Å². The fourth-order valence-corrected chi connectivity index (χ4v) is 8.00. The highest BCUT2D eigenvalue weighted by molar-refractivity contribution is 6.09. The molecule has 0 amide bonds. The van der Waals surface area contributed by atoms with Crippen LogP contribution in [0.3, 0.4) is 0 Å². The highest BCUT2D eigenvalue weighted by Crippen LogP contribution is 2.43. The molecule has 2 unspecified atom stereocenters. The molecule has 232 valence electrons. The van der Waals surface area contributed by atoms with Gasteiger partial charge in [-0.05, 0) is 78.6 Å². The fourth-order valence-electron chi connectivity index (χ4n) is 8.00. The van der Waals surface area contributed by atoms with E-state index in [9.17, 15) is 10.5 Å². The van der Waals surface area contributed by atoms with Crippen molar-refractivity contribution in [3.05, 3.63) is 168 Å². The Kier molecular flexibility index (Phi) is 6.54. The Morgan fingerprint density at radius 3 is 2.08 bits per heavy atom. The lowest BCUT2D eigenvalue weighted by atomic mass is 9.75. The van der Waals surface area contributed by atoms with E-state index in [2.05, 4.69) is 162 Å². The van der Waals surface area contributed by atoms with Gasteiger partial charge in [0.25, 0.3) is 0 Å². The molecule has 0 bridgehead atoms. The predicted molar refractivity (Wildman–Crippen MR) is 200 cm³/mol. The van der Waals surface area contributed by atoms with Crippen molar-refractivity contribution >= 4 is 44.4 Å². The second-order valence-electron chi connectivity index (χ2n) is 13.3. The van der Waals surface area contributed by atoms with Gasteiger partial charge in [0.15, 0.2) is 0 Å². The second-order valence-corrected chi connectivity index (χ2v) is 13.3. The number of allylic oxidation sites excluding steroid dienone is 5. The molecule has 7 aromatic rings. The monoisotopic (exact) mass is 628 g/mol. The van der Waals surface area contributed by atoms with Gasteiger partial charge in [-0.1, -0.05) is 98.0 Å². The Morgan fingerprint density at radius 1 is 0.714 bits per heavy atom. The van der Waals surface area contributed by atoms with Crippen LogP contribution in [0.15, 0.2) is 140 Å². The Morgan fingerprint density at radius 2 is 1.41 bits per heavy atom. The van der Waals surface area contributed by atoms with Gasteiger partial charge in [-0.3, -0.25) is 0 Å². The van der Waals surface area contributed by atoms with Crippen molar-refractivity contribution in [3.8, 4) is 23.5 Å². The Balaban J connectivity index is 1.13. The van der Waals surface area contributed by atoms with E-state index >= 15 is 0 Å². The summed E-state index contributed by atoms with van der Waals surface area (Å²) in [6, 6.07) is 45.3. The normalized spacial score (nSPS) is 18.3. The second kappa shape index (κ2) is 11.1. The fraction of sp³-hybridized carbons (Fsp3) is 0.111. The maximum Gasteiger partial charge on any atom is 0.0991 e. The Bertz CT molecular complexity index is 2610. The molecule has 4 nitrogen and oxygen atoms in total. The molecule has 2 atom stereocenters. The van der Waals surface area contributed by atoms with E-state index in [-0.39, 0.29) is 11.3 Å². The summed E-state index contributed by atoms with van der Waals surface area (Å²) in [5.41, 5.74) is 11.6. The number of hydrogen-bond acceptors (Lipinski definition) is 2. The van der Waals surface area contributed by atoms with Crippen LogP contribution in [0.25, 0.3) is 55.7 Å². The molecule has 0 N–H and O–H groups in total. The molecule has 2 aromatic heterocycles. The quantitative estimate of drug-likeness (QED) is 0.195. The lowest BCUT2D eigenvalue weighted by Crippen LogP contribution is -2.20. The molecule has 0 aliphatic heterocycles. The first-order valence-electron chi connectivity index (χ1n) is 16.8. The molecule has 49 heavy (non-hydrogen) atoms. The van der Waals surface area contributed by atoms with Crippen LogP contribution >= 0.6 is 0 Å². The van der Waals surface area contributed by atoms with Crippen LogP contribution in [0.2, 0.25) is 0 Å². The lowest BCUT2D eigenvalue weighted by Gasteiger charge is -2.30. The van der Waals surface area contributed by atoms with Crippen molar-refractivity contribution in [2.45, 2.75) is 31.1 Å². The molecule has 5 aromatic carbocycles. The Hall–Kier alpha value is -6.36. The van der Waals surface area contributed by atoms with E-state index in [1.165, 1.54) is 16.3 Å². The Labute approximate surface area is 285 Å². The zero-order valence-corrected chi connectivity index (χ0v) is 27.1. The standard InChI is InChI=1S/C45H32N4/c1-45(33-11-9-12-34(27-33)48-41-18-7-4-15-37(41)44-32(29-47)10-8-19-43(44)48)24-22-31(23-25-45)38-26-30(28-46)20-21-42(38)49-39-16-5-2-13-35(39)36-14-3-6-17-40(36)49/h2-9,11-24,26-27,32H,10,25H2,1H3. The average molecular weight is 629 g/mol. The first-order valence-corrected chi connectivity index (χ1v) is 16.8. The van der Waals surface area contributed by atoms with E-state index in [1.807, 2.05) is 12.1 Å². The largest absolute Gasteiger partial charge is 0.310 e. The maximum absolute atomic E-state index is 10.00. The average Bonchev–Trinajstić information content (AvgIpc) is 3.68. The SMILES string of the molecule is CC1(c2cccc(-n3c4c(c5ccccc53)C(C#N)CC=C4)c2)C=CC(c2cc(C#N)ccc2-n2c3ccccc3c3ccccc32)=CC1. The summed E-state index contributed by atoms with van der Waals surface area (Å²) in [5, 5.41) is 23.5. The molecule has 2 aliphatic rings. The predicted octanol–water partition coefficient (Wildman–Crippen LogP) is 10.9. The maximum atomic E-state index is 10.00. The molecule has 2 heterocycles. The highest BCUT2D eigenvalue weighted by Gasteiger charge is 2.29. The molecule has 0 fully saturated rings. The van der Waals surface area contributed by atoms with E-state index in [4.69, 9.17) is 0 Å². The molecular weight excluding hydrogens is 597 g/mol. The van der Waals surface area contributed by atoms with Gasteiger partial charge in [0, 0.05) is 38.4 Å². The number of nitrogens with zero attached hydrogens (tertiary/aromatic N) is 4. The number of aromatic nitrogens is 2. The van der Waals surface area contributed by atoms with E-state index in [1.54, 1.807) is 0 Å². The number of hydrogen-bond donors (Lipinski definition) is 0. The van der Waals surface area contributed by atoms with Crippen molar-refractivity contribution < 1.29 is 0 Å². The van der Waals surface area contributed by atoms with E-state index in [0.717, 1.165) is 68.5 Å². The zero-order chi connectivity index (χ0) is 33.1. The van der Waals surface area contributed by atoms with Gasteiger partial charge >= 0.3 is 0 Å². The molecule has 2 aliphatic carbocycles. The van der Waals surface area contributed by atoms with Crippen molar-refractivity contribution in [1.29, 1.82) is 10.5 Å². The number of fused-ring (bicyclic) bond motifs is 6. The van der Waals surface area contributed by atoms with Crippen LogP contribution in [-0.4, -0.2) is 9.13 Å². The van der Waals surface area contributed by atoms with Crippen molar-refractivity contribution in [1.82, 2.24) is 9.13 Å². The van der Waals surface area contributed by atoms with Crippen molar-refractivity contribution in [2.75, 3.05) is 0 Å². The topological polar surface area (TPSA) is 57.4 Å². The first kappa shape index (κ1) is 28.8. The number of rotatable bonds is 4. The van der Waals surface area contributed by atoms with Crippen molar-refractivity contribution in [3.63, 3.8) is 0 Å². The summed E-state index contributed by atoms with van der Waals surface area (Å²) in [6.07, 6.45) is 12.7. The molecule has 4 heteroatoms. The number of nitriles is 2. The first-order chi connectivity index (χ1) is 24.1. The molecule has 0 saturated carbocycles. The molecule has 9 rings (SSSR count). The highest BCUT2D eigenvalue weighted by atomic mass is 15.0. The van der Waals surface area contributed by atoms with Gasteiger partial charge in [0.1, 0.15) is 0 Å². The summed E-state index contributed by atoms with van der Waals surface area (Å²) in [4.78, 5) is 0. The summed E-state index contributed by atoms with van der Waals surface area (Å²) in [7, 11) is 0. The van der Waals surface area contributed by atoms with Crippen LogP contribution in [0.4, 0.5) is 0 Å². The van der Waals surface area contributed by atoms with Gasteiger partial charge in [-0.15, -0.1) is 0 Å². The molecule has 0 radical (unpaired) electrons. The zero-order valence-electron chi connectivity index (χ0n) is 27.1. The van der Waals surface area contributed by atoms with Crippen LogP contribution in [-0.2, 0) is 5.41 Å². The number of para-hydroxylation sites is 3. The van der Waals surface area contributed by atoms with E-state index in [0.29, 0.717) is 5.56 Å². The summed E-state index contributed by atoms with van der Waals surface area (Å²) in [5.74, 6) is -0.149. The van der Waals surface area contributed by atoms with Crippen molar-refractivity contribution in [2.24, 2.45) is 0 Å². The minimum Gasteiger partial charge on any atom is -0.310 e. The van der Waals surface area contributed by atoms with Gasteiger partial charge in [0.2, 0.25) is 0 Å². The van der Waals surface area contributed by atoms with Crippen LogP contribution in [0.5, 0.6) is 0 Å². The lowest BCUT2D eigenvalue weighted by molar-refractivity contribution is 0.601. The number of benzene rings is 5. The summed E-state index contributed by atoms with van der Waals surface area (Å²) in [6.45, 7) is 2.30. The van der Waals surface area contributed by atoms with Gasteiger partial charge in [0.05, 0.1) is 51.6 Å². The minimum absolute atomic E-state index is 0.149. The van der Waals surface area contributed by atoms with Crippen LogP contribution < -0.4 is 0 Å². The summed E-state index contributed by atoms with van der Waals surface area (Å²) >= 11 is 0. The van der Waals surface area contributed by atoms with Gasteiger partial charge in [-0.25, -0.2) is 0 Å². The third-order valence-corrected chi connectivity index (χ3v) is 10.5. The van der Waals surface area contributed by atoms with Crippen LogP contribution in [0.1, 0.15) is 53.6 Å². The third-order valence-electron chi connectivity index (χ3n) is 10.5. The minimum atomic E-state index is -0.229. The van der Waals surface area contributed by atoms with Crippen LogP contribution in [0, 0.1) is 22.7 Å². The molecule has 0 spiro atoms.